The highest BCUT2D eigenvalue weighted by atomic mass is 35.5. The van der Waals surface area contributed by atoms with Crippen molar-refractivity contribution in [3.05, 3.63) is 24.3 Å². The molecule has 0 aromatic heterocycles. The summed E-state index contributed by atoms with van der Waals surface area (Å²) < 4.78 is 24.6. The Hall–Kier alpha value is -1.34. The smallest absolute Gasteiger partial charge is 0.307 e. The monoisotopic (exact) mass is 308 g/mol. The van der Waals surface area contributed by atoms with Crippen LogP contribution in [0.5, 0.6) is 0 Å². The molecular weight excluding hydrogens is 298 g/mol. The van der Waals surface area contributed by atoms with Gasteiger partial charge in [0, 0.05) is 17.2 Å². The summed E-state index contributed by atoms with van der Waals surface area (Å²) in [5.74, 6) is -3.04. The Labute approximate surface area is 117 Å². The molecule has 1 aromatic rings. The summed E-state index contributed by atoms with van der Waals surface area (Å²) in [6, 6.07) is 5.30. The molecule has 0 fully saturated rings. The summed E-state index contributed by atoms with van der Waals surface area (Å²) in [5, 5.41) is 4.38. The Morgan fingerprint density at radius 2 is 2.00 bits per heavy atom. The summed E-state index contributed by atoms with van der Waals surface area (Å²) in [4.78, 5) is 22.8. The van der Waals surface area contributed by atoms with E-state index in [1.54, 1.807) is 12.1 Å². The third kappa shape index (κ3) is 5.89. The number of hydrogen-bond acceptors (Lipinski definition) is 3. The lowest BCUT2D eigenvalue weighted by Gasteiger charge is -2.10. The van der Waals surface area contributed by atoms with Crippen molar-refractivity contribution in [1.29, 1.82) is 0 Å². The van der Waals surface area contributed by atoms with Crippen molar-refractivity contribution in [2.24, 2.45) is 0 Å². The zero-order valence-electron chi connectivity index (χ0n) is 9.66. The van der Waals surface area contributed by atoms with Crippen molar-refractivity contribution in [2.45, 2.75) is 17.1 Å². The standard InChI is InChI=1S/C11H11ClF2N2O2S/c12-6-5-9(17)16-11(18)15-7-3-1-2-4-8(7)19-10(13)14/h1-4,10H,5-6H2,(H2,15,16,17,18). The normalized spacial score (nSPS) is 10.3. The molecule has 2 N–H and O–H groups in total. The third-order valence-electron chi connectivity index (χ3n) is 1.93. The number of carbonyl (C=O) groups excluding carboxylic acids is 2. The topological polar surface area (TPSA) is 58.2 Å². The van der Waals surface area contributed by atoms with Gasteiger partial charge in [0.05, 0.1) is 5.69 Å². The number of amides is 3. The molecule has 0 unspecified atom stereocenters. The first-order chi connectivity index (χ1) is 9.02. The van der Waals surface area contributed by atoms with Crippen molar-refractivity contribution >= 4 is 41.0 Å². The van der Waals surface area contributed by atoms with Gasteiger partial charge in [-0.15, -0.1) is 11.6 Å². The Balaban J connectivity index is 2.65. The number of alkyl halides is 3. The van der Waals surface area contributed by atoms with Gasteiger partial charge >= 0.3 is 6.03 Å². The van der Waals surface area contributed by atoms with Crippen molar-refractivity contribution in [3.8, 4) is 0 Å². The SMILES string of the molecule is O=C(CCCl)NC(=O)Nc1ccccc1SC(F)F. The van der Waals surface area contributed by atoms with Crippen LogP contribution < -0.4 is 10.6 Å². The summed E-state index contributed by atoms with van der Waals surface area (Å²) in [6.45, 7) is 0. The van der Waals surface area contributed by atoms with Crippen LogP contribution in [0.15, 0.2) is 29.2 Å². The molecular formula is C11H11ClF2N2O2S. The maximum Gasteiger partial charge on any atom is 0.325 e. The third-order valence-corrected chi connectivity index (χ3v) is 2.90. The number of thioether (sulfide) groups is 1. The number of rotatable bonds is 5. The van der Waals surface area contributed by atoms with Crippen LogP contribution in [0.4, 0.5) is 19.3 Å². The van der Waals surface area contributed by atoms with Gasteiger partial charge in [-0.3, -0.25) is 10.1 Å². The molecule has 0 heterocycles. The van der Waals surface area contributed by atoms with Crippen LogP contribution >= 0.6 is 23.4 Å². The van der Waals surface area contributed by atoms with Crippen molar-refractivity contribution < 1.29 is 18.4 Å². The van der Waals surface area contributed by atoms with Gasteiger partial charge in [-0.1, -0.05) is 23.9 Å². The Bertz CT molecular complexity index is 460. The van der Waals surface area contributed by atoms with E-state index >= 15 is 0 Å². The Morgan fingerprint density at radius 1 is 1.32 bits per heavy atom. The van der Waals surface area contributed by atoms with E-state index in [4.69, 9.17) is 11.6 Å². The van der Waals surface area contributed by atoms with E-state index in [2.05, 4.69) is 5.32 Å². The van der Waals surface area contributed by atoms with Crippen LogP contribution in [0.3, 0.4) is 0 Å². The highest BCUT2D eigenvalue weighted by Crippen LogP contribution is 2.31. The lowest BCUT2D eigenvalue weighted by Crippen LogP contribution is -2.34. The average Bonchev–Trinajstić information content (AvgIpc) is 2.31. The molecule has 0 spiro atoms. The number of carbonyl (C=O) groups is 2. The van der Waals surface area contributed by atoms with Crippen LogP contribution in [0, 0.1) is 0 Å². The first kappa shape index (κ1) is 15.7. The minimum atomic E-state index is -2.59. The minimum absolute atomic E-state index is 0.00239. The molecule has 8 heteroatoms. The molecule has 0 saturated heterocycles. The summed E-state index contributed by atoms with van der Waals surface area (Å²) >= 11 is 5.66. The number of anilines is 1. The second-order valence-electron chi connectivity index (χ2n) is 3.32. The molecule has 3 amide bonds. The number of benzene rings is 1. The van der Waals surface area contributed by atoms with Crippen molar-refractivity contribution in [2.75, 3.05) is 11.2 Å². The number of hydrogen-bond donors (Lipinski definition) is 2. The first-order valence-electron chi connectivity index (χ1n) is 5.23. The molecule has 0 saturated carbocycles. The van der Waals surface area contributed by atoms with E-state index < -0.39 is 17.7 Å². The van der Waals surface area contributed by atoms with Gasteiger partial charge in [0.2, 0.25) is 5.91 Å². The van der Waals surface area contributed by atoms with Crippen LogP contribution in [0.25, 0.3) is 0 Å². The molecule has 0 aliphatic rings. The molecule has 4 nitrogen and oxygen atoms in total. The van der Waals surface area contributed by atoms with Crippen molar-refractivity contribution in [3.63, 3.8) is 0 Å². The fourth-order valence-corrected chi connectivity index (χ4v) is 1.96. The molecule has 0 radical (unpaired) electrons. The molecule has 1 aromatic carbocycles. The lowest BCUT2D eigenvalue weighted by atomic mass is 10.3. The van der Waals surface area contributed by atoms with E-state index in [1.165, 1.54) is 12.1 Å². The molecule has 0 bridgehead atoms. The van der Waals surface area contributed by atoms with Crippen LogP contribution in [0.1, 0.15) is 6.42 Å². The summed E-state index contributed by atoms with van der Waals surface area (Å²) in [5.41, 5.74) is 0.212. The molecule has 0 atom stereocenters. The zero-order chi connectivity index (χ0) is 14.3. The van der Waals surface area contributed by atoms with E-state index in [1.807, 2.05) is 5.32 Å². The van der Waals surface area contributed by atoms with E-state index in [9.17, 15) is 18.4 Å². The van der Waals surface area contributed by atoms with Gasteiger partial charge in [-0.25, -0.2) is 4.79 Å². The van der Waals surface area contributed by atoms with E-state index in [0.717, 1.165) is 0 Å². The number of para-hydroxylation sites is 1. The molecule has 104 valence electrons. The van der Waals surface area contributed by atoms with Gasteiger partial charge in [0.1, 0.15) is 0 Å². The first-order valence-corrected chi connectivity index (χ1v) is 6.65. The zero-order valence-corrected chi connectivity index (χ0v) is 11.2. The van der Waals surface area contributed by atoms with Gasteiger partial charge < -0.3 is 5.32 Å². The van der Waals surface area contributed by atoms with Gasteiger partial charge in [0.25, 0.3) is 5.76 Å². The fourth-order valence-electron chi connectivity index (χ4n) is 1.20. The predicted molar refractivity (Wildman–Crippen MR) is 70.8 cm³/mol. The number of nitrogens with one attached hydrogen (secondary N) is 2. The van der Waals surface area contributed by atoms with Gasteiger partial charge in [-0.05, 0) is 12.1 Å². The highest BCUT2D eigenvalue weighted by molar-refractivity contribution is 7.99. The molecule has 1 rings (SSSR count). The summed E-state index contributed by atoms with van der Waals surface area (Å²) in [7, 11) is 0. The largest absolute Gasteiger partial charge is 0.325 e. The number of imide groups is 1. The number of urea groups is 1. The lowest BCUT2D eigenvalue weighted by molar-refractivity contribution is -0.119. The van der Waals surface area contributed by atoms with Crippen LogP contribution in [-0.2, 0) is 4.79 Å². The van der Waals surface area contributed by atoms with E-state index in [0.29, 0.717) is 11.8 Å². The maximum atomic E-state index is 12.3. The Kier molecular flexibility index (Phi) is 6.58. The van der Waals surface area contributed by atoms with Crippen molar-refractivity contribution in [1.82, 2.24) is 5.32 Å². The average molecular weight is 309 g/mol. The summed E-state index contributed by atoms with van der Waals surface area (Å²) in [6.07, 6.45) is 0.00239. The number of halogens is 3. The molecule has 0 aliphatic carbocycles. The second kappa shape index (κ2) is 7.96. The maximum absolute atomic E-state index is 12.3. The Morgan fingerprint density at radius 3 is 2.63 bits per heavy atom. The molecule has 19 heavy (non-hydrogen) atoms. The van der Waals surface area contributed by atoms with Crippen LogP contribution in [0.2, 0.25) is 0 Å². The predicted octanol–water partition coefficient (Wildman–Crippen LogP) is 3.28. The fraction of sp³-hybridized carbons (Fsp3) is 0.273. The highest BCUT2D eigenvalue weighted by Gasteiger charge is 2.12. The van der Waals surface area contributed by atoms with Crippen LogP contribution in [-0.4, -0.2) is 23.6 Å². The quantitative estimate of drug-likeness (QED) is 0.648. The van der Waals surface area contributed by atoms with E-state index in [-0.39, 0.29) is 22.9 Å². The molecule has 0 aliphatic heterocycles. The van der Waals surface area contributed by atoms with Gasteiger partial charge in [0.15, 0.2) is 0 Å². The van der Waals surface area contributed by atoms with Gasteiger partial charge in [-0.2, -0.15) is 8.78 Å². The second-order valence-corrected chi connectivity index (χ2v) is 4.73. The minimum Gasteiger partial charge on any atom is -0.307 e.